The van der Waals surface area contributed by atoms with Crippen LogP contribution in [0.25, 0.3) is 16.3 Å². The molecule has 9 heteroatoms. The number of H-pyrrole nitrogens is 1. The summed E-state index contributed by atoms with van der Waals surface area (Å²) in [5.74, 6) is -0.925. The Balaban J connectivity index is 1.50. The summed E-state index contributed by atoms with van der Waals surface area (Å²) in [5, 5.41) is 0.743. The van der Waals surface area contributed by atoms with Crippen LogP contribution in [0.15, 0.2) is 66.9 Å². The number of carbonyl (C=O) groups is 2. The monoisotopic (exact) mass is 435 g/mol. The minimum absolute atomic E-state index is 0.275. The second-order valence-electron chi connectivity index (χ2n) is 6.36. The summed E-state index contributed by atoms with van der Waals surface area (Å²) in [6, 6.07) is 18.9. The summed E-state index contributed by atoms with van der Waals surface area (Å²) in [7, 11) is 0. The first-order chi connectivity index (χ1) is 14.5. The van der Waals surface area contributed by atoms with Crippen LogP contribution in [0.5, 0.6) is 0 Å². The second-order valence-corrected chi connectivity index (χ2v) is 7.74. The van der Waals surface area contributed by atoms with E-state index < -0.39 is 11.8 Å². The third kappa shape index (κ3) is 3.93. The van der Waals surface area contributed by atoms with Gasteiger partial charge in [-0.3, -0.25) is 25.0 Å². The summed E-state index contributed by atoms with van der Waals surface area (Å²) in [6.45, 7) is 1.76. The second kappa shape index (κ2) is 8.44. The van der Waals surface area contributed by atoms with Crippen LogP contribution >= 0.6 is 23.6 Å². The van der Waals surface area contributed by atoms with E-state index in [2.05, 4.69) is 20.8 Å². The average Bonchev–Trinajstić information content (AvgIpc) is 3.36. The van der Waals surface area contributed by atoms with Crippen molar-refractivity contribution in [2.24, 2.45) is 0 Å². The van der Waals surface area contributed by atoms with Gasteiger partial charge in [-0.25, -0.2) is 4.98 Å². The summed E-state index contributed by atoms with van der Waals surface area (Å²) in [4.78, 5) is 33.1. The number of aromatic nitrogens is 3. The van der Waals surface area contributed by atoms with Crippen molar-refractivity contribution in [2.45, 2.75) is 6.92 Å². The molecule has 4 rings (SSSR count). The third-order valence-electron chi connectivity index (χ3n) is 4.34. The van der Waals surface area contributed by atoms with E-state index >= 15 is 0 Å². The van der Waals surface area contributed by atoms with Crippen LogP contribution in [0.1, 0.15) is 25.9 Å². The predicted molar refractivity (Wildman–Crippen MR) is 118 cm³/mol. The number of nitrogens with zero attached hydrogens (tertiary/aromatic N) is 2. The standard InChI is InChI=1S/C21H17N5O2S2/c1-13-17(30-20(23-13)14-8-4-2-5-9-14)19(28)25-24-18(27)16-12-22-21(29)26(16)15-10-6-3-7-11-15/h2-12H,1H3,(H,22,29)(H,24,27)(H,25,28). The molecule has 0 atom stereocenters. The fourth-order valence-corrected chi connectivity index (χ4v) is 4.14. The Morgan fingerprint density at radius 3 is 2.33 bits per heavy atom. The van der Waals surface area contributed by atoms with Crippen LogP contribution in [0.2, 0.25) is 0 Å². The summed E-state index contributed by atoms with van der Waals surface area (Å²) < 4.78 is 1.98. The number of carbonyl (C=O) groups excluding carboxylic acids is 2. The number of hydrogen-bond acceptors (Lipinski definition) is 5. The summed E-state index contributed by atoms with van der Waals surface area (Å²) >= 11 is 6.56. The summed E-state index contributed by atoms with van der Waals surface area (Å²) in [6.07, 6.45) is 1.50. The number of aromatic amines is 1. The topological polar surface area (TPSA) is 91.8 Å². The minimum atomic E-state index is -0.495. The highest BCUT2D eigenvalue weighted by Gasteiger charge is 2.19. The molecule has 0 bridgehead atoms. The van der Waals surface area contributed by atoms with Gasteiger partial charge in [0.1, 0.15) is 15.6 Å². The molecule has 3 N–H and O–H groups in total. The van der Waals surface area contributed by atoms with E-state index in [-0.39, 0.29) is 5.69 Å². The van der Waals surface area contributed by atoms with Crippen LogP contribution in [0.4, 0.5) is 0 Å². The van der Waals surface area contributed by atoms with Gasteiger partial charge in [-0.05, 0) is 31.3 Å². The van der Waals surface area contributed by atoms with Gasteiger partial charge in [-0.1, -0.05) is 48.5 Å². The van der Waals surface area contributed by atoms with E-state index in [0.29, 0.717) is 15.3 Å². The average molecular weight is 436 g/mol. The SMILES string of the molecule is Cc1nc(-c2ccccc2)sc1C(=O)NNC(=O)c1c[nH]c(=S)n1-c1ccccc1. The molecular weight excluding hydrogens is 418 g/mol. The Hall–Kier alpha value is -3.56. The lowest BCUT2D eigenvalue weighted by Gasteiger charge is -2.09. The van der Waals surface area contributed by atoms with Gasteiger partial charge in [0.15, 0.2) is 4.77 Å². The Bertz CT molecular complexity index is 1260. The molecule has 0 radical (unpaired) electrons. The molecule has 0 aliphatic rings. The number of hydrogen-bond donors (Lipinski definition) is 3. The molecule has 0 unspecified atom stereocenters. The van der Waals surface area contributed by atoms with Crippen molar-refractivity contribution in [3.8, 4) is 16.3 Å². The van der Waals surface area contributed by atoms with E-state index in [1.165, 1.54) is 17.5 Å². The first kappa shape index (κ1) is 19.7. The number of amides is 2. The number of imidazole rings is 1. The van der Waals surface area contributed by atoms with Crippen molar-refractivity contribution in [3.05, 3.63) is 87.9 Å². The Kier molecular flexibility index (Phi) is 5.55. The van der Waals surface area contributed by atoms with Gasteiger partial charge >= 0.3 is 0 Å². The van der Waals surface area contributed by atoms with Crippen LogP contribution < -0.4 is 10.9 Å². The molecule has 0 fully saturated rings. The molecule has 2 amide bonds. The Morgan fingerprint density at radius 1 is 1.00 bits per heavy atom. The van der Waals surface area contributed by atoms with Gasteiger partial charge in [-0.15, -0.1) is 11.3 Å². The molecule has 0 aliphatic heterocycles. The largest absolute Gasteiger partial charge is 0.336 e. The van der Waals surface area contributed by atoms with Gasteiger partial charge in [-0.2, -0.15) is 0 Å². The smallest absolute Gasteiger partial charge is 0.288 e. The lowest BCUT2D eigenvalue weighted by Crippen LogP contribution is -2.42. The highest BCUT2D eigenvalue weighted by molar-refractivity contribution is 7.71. The minimum Gasteiger partial charge on any atom is -0.336 e. The summed E-state index contributed by atoms with van der Waals surface area (Å²) in [5.41, 5.74) is 7.46. The predicted octanol–water partition coefficient (Wildman–Crippen LogP) is 4.04. The molecule has 4 aromatic rings. The van der Waals surface area contributed by atoms with Crippen molar-refractivity contribution in [1.82, 2.24) is 25.4 Å². The molecule has 2 heterocycles. The molecule has 2 aromatic heterocycles. The number of thiazole rings is 1. The number of aryl methyl sites for hydroxylation is 1. The zero-order chi connectivity index (χ0) is 21.1. The maximum Gasteiger partial charge on any atom is 0.288 e. The molecular formula is C21H17N5O2S2. The van der Waals surface area contributed by atoms with Crippen molar-refractivity contribution < 1.29 is 9.59 Å². The van der Waals surface area contributed by atoms with E-state index in [0.717, 1.165) is 16.3 Å². The van der Waals surface area contributed by atoms with Gasteiger partial charge in [0.25, 0.3) is 11.8 Å². The zero-order valence-corrected chi connectivity index (χ0v) is 17.5. The third-order valence-corrected chi connectivity index (χ3v) is 5.84. The Labute approximate surface area is 181 Å². The van der Waals surface area contributed by atoms with Crippen molar-refractivity contribution in [2.75, 3.05) is 0 Å². The zero-order valence-electron chi connectivity index (χ0n) is 15.9. The molecule has 2 aromatic carbocycles. The van der Waals surface area contributed by atoms with Crippen LogP contribution in [-0.4, -0.2) is 26.3 Å². The highest BCUT2D eigenvalue weighted by Crippen LogP contribution is 2.27. The van der Waals surface area contributed by atoms with E-state index in [9.17, 15) is 9.59 Å². The van der Waals surface area contributed by atoms with Crippen molar-refractivity contribution in [3.63, 3.8) is 0 Å². The first-order valence-electron chi connectivity index (χ1n) is 9.04. The van der Waals surface area contributed by atoms with E-state index in [4.69, 9.17) is 12.2 Å². The molecule has 0 spiro atoms. The molecule has 0 saturated carbocycles. The highest BCUT2D eigenvalue weighted by atomic mass is 32.1. The van der Waals surface area contributed by atoms with Gasteiger partial charge in [0.2, 0.25) is 0 Å². The Morgan fingerprint density at radius 2 is 1.63 bits per heavy atom. The number of benzene rings is 2. The fraction of sp³-hybridized carbons (Fsp3) is 0.0476. The van der Waals surface area contributed by atoms with Gasteiger partial charge < -0.3 is 4.98 Å². The van der Waals surface area contributed by atoms with Crippen LogP contribution in [0.3, 0.4) is 0 Å². The number of rotatable bonds is 4. The van der Waals surface area contributed by atoms with Gasteiger partial charge in [0.05, 0.1) is 5.69 Å². The van der Waals surface area contributed by atoms with Gasteiger partial charge in [0, 0.05) is 17.4 Å². The number of para-hydroxylation sites is 1. The maximum atomic E-state index is 12.7. The van der Waals surface area contributed by atoms with Crippen molar-refractivity contribution >= 4 is 35.4 Å². The lowest BCUT2D eigenvalue weighted by molar-refractivity contribution is 0.0844. The fourth-order valence-electron chi connectivity index (χ4n) is 2.91. The molecule has 0 aliphatic carbocycles. The van der Waals surface area contributed by atoms with E-state index in [1.807, 2.05) is 60.7 Å². The quantitative estimate of drug-likeness (QED) is 0.333. The molecule has 0 saturated heterocycles. The number of nitrogens with one attached hydrogen (secondary N) is 3. The van der Waals surface area contributed by atoms with E-state index in [1.54, 1.807) is 11.5 Å². The molecule has 7 nitrogen and oxygen atoms in total. The lowest BCUT2D eigenvalue weighted by atomic mass is 10.2. The van der Waals surface area contributed by atoms with Crippen molar-refractivity contribution in [1.29, 1.82) is 0 Å². The maximum absolute atomic E-state index is 12.7. The van der Waals surface area contributed by atoms with Crippen LogP contribution in [0, 0.1) is 11.7 Å². The first-order valence-corrected chi connectivity index (χ1v) is 10.3. The molecule has 150 valence electrons. The normalized spacial score (nSPS) is 10.6. The van der Waals surface area contributed by atoms with Crippen LogP contribution in [-0.2, 0) is 0 Å². The number of hydrazine groups is 1. The molecule has 30 heavy (non-hydrogen) atoms.